The summed E-state index contributed by atoms with van der Waals surface area (Å²) >= 11 is 0. The summed E-state index contributed by atoms with van der Waals surface area (Å²) in [6.45, 7) is 1.69. The number of pyridine rings is 1. The summed E-state index contributed by atoms with van der Waals surface area (Å²) in [6.07, 6.45) is 4.22. The number of hydrogen-bond donors (Lipinski definition) is 1. The highest BCUT2D eigenvalue weighted by Crippen LogP contribution is 1.83. The fourth-order valence-corrected chi connectivity index (χ4v) is 1.12. The van der Waals surface area contributed by atoms with Gasteiger partial charge in [-0.25, -0.2) is 4.98 Å². The van der Waals surface area contributed by atoms with Gasteiger partial charge >= 0.3 is 0 Å². The largest absolute Gasteiger partial charge is 0.286 e. The lowest BCUT2D eigenvalue weighted by Gasteiger charge is -1.85. The second kappa shape index (κ2) is 6.56. The van der Waals surface area contributed by atoms with Crippen molar-refractivity contribution in [3.8, 4) is 0 Å². The first-order valence-electron chi connectivity index (χ1n) is 3.92. The van der Waals surface area contributed by atoms with Gasteiger partial charge in [0.1, 0.15) is 0 Å². The van der Waals surface area contributed by atoms with Crippen molar-refractivity contribution in [1.82, 2.24) is 0 Å². The zero-order chi connectivity index (χ0) is 10.2. The monoisotopic (exact) mass is 204 g/mol. The lowest BCUT2D eigenvalue weighted by Crippen LogP contribution is -2.01. The molecule has 0 fully saturated rings. The van der Waals surface area contributed by atoms with E-state index in [1.54, 1.807) is 6.92 Å². The van der Waals surface area contributed by atoms with Gasteiger partial charge in [-0.05, 0) is 6.42 Å². The van der Waals surface area contributed by atoms with Crippen LogP contribution in [-0.2, 0) is 10.1 Å². The van der Waals surface area contributed by atoms with Gasteiger partial charge in [-0.15, -0.1) is 0 Å². The van der Waals surface area contributed by atoms with E-state index in [2.05, 4.69) is 4.98 Å². The molecule has 0 atom stereocenters. The maximum atomic E-state index is 9.79. The molecule has 2 N–H and O–H groups in total. The highest BCUT2D eigenvalue weighted by atomic mass is 32.2. The van der Waals surface area contributed by atoms with Crippen LogP contribution in [0.15, 0.2) is 30.6 Å². The van der Waals surface area contributed by atoms with Crippen molar-refractivity contribution >= 4 is 10.1 Å². The summed E-state index contributed by atoms with van der Waals surface area (Å²) in [5, 5.41) is 0. The SMILES string of the molecule is CCCS(=O)(=O)O.c1cc[nH+]cc1. The fourth-order valence-electron chi connectivity index (χ4n) is 0.600. The molecule has 5 heteroatoms. The molecule has 0 bridgehead atoms. The van der Waals surface area contributed by atoms with Crippen molar-refractivity contribution in [2.75, 3.05) is 5.75 Å². The van der Waals surface area contributed by atoms with Crippen LogP contribution in [0.5, 0.6) is 0 Å². The Hall–Kier alpha value is -0.940. The van der Waals surface area contributed by atoms with Crippen LogP contribution >= 0.6 is 0 Å². The molecule has 1 aromatic rings. The maximum Gasteiger partial charge on any atom is 0.264 e. The summed E-state index contributed by atoms with van der Waals surface area (Å²) in [4.78, 5) is 2.89. The third kappa shape index (κ3) is 11.1. The molecule has 0 saturated heterocycles. The predicted octanol–water partition coefficient (Wildman–Crippen LogP) is 0.785. The van der Waals surface area contributed by atoms with Crippen molar-refractivity contribution < 1.29 is 18.0 Å². The number of H-pyrrole nitrogens is 1. The first-order chi connectivity index (χ1) is 6.06. The zero-order valence-corrected chi connectivity index (χ0v) is 8.29. The van der Waals surface area contributed by atoms with E-state index in [0.717, 1.165) is 0 Å². The van der Waals surface area contributed by atoms with E-state index >= 15 is 0 Å². The number of aromatic nitrogens is 1. The Morgan fingerprint density at radius 1 is 1.23 bits per heavy atom. The highest BCUT2D eigenvalue weighted by molar-refractivity contribution is 7.85. The third-order valence-corrected chi connectivity index (χ3v) is 1.99. The minimum Gasteiger partial charge on any atom is -0.286 e. The van der Waals surface area contributed by atoms with Crippen LogP contribution in [0, 0.1) is 0 Å². The molecule has 0 aromatic carbocycles. The van der Waals surface area contributed by atoms with Gasteiger partial charge in [-0.2, -0.15) is 8.42 Å². The summed E-state index contributed by atoms with van der Waals surface area (Å²) in [5.74, 6) is -0.132. The minimum absolute atomic E-state index is 0.132. The summed E-state index contributed by atoms with van der Waals surface area (Å²) < 4.78 is 27.6. The Bertz CT molecular complexity index is 270. The van der Waals surface area contributed by atoms with Crippen LogP contribution in [0.1, 0.15) is 13.3 Å². The average molecular weight is 204 g/mol. The number of hydrogen-bond acceptors (Lipinski definition) is 2. The number of rotatable bonds is 2. The van der Waals surface area contributed by atoms with Gasteiger partial charge in [-0.1, -0.05) is 13.0 Å². The Morgan fingerprint density at radius 2 is 1.77 bits per heavy atom. The number of aromatic amines is 1. The Kier molecular flexibility index (Phi) is 6.09. The first kappa shape index (κ1) is 12.1. The van der Waals surface area contributed by atoms with Crippen molar-refractivity contribution in [3.05, 3.63) is 30.6 Å². The van der Waals surface area contributed by atoms with Crippen LogP contribution in [0.2, 0.25) is 0 Å². The van der Waals surface area contributed by atoms with Crippen molar-refractivity contribution in [1.29, 1.82) is 0 Å². The van der Waals surface area contributed by atoms with Gasteiger partial charge < -0.3 is 0 Å². The molecule has 13 heavy (non-hydrogen) atoms. The molecule has 4 nitrogen and oxygen atoms in total. The second-order valence-corrected chi connectivity index (χ2v) is 3.94. The highest BCUT2D eigenvalue weighted by Gasteiger charge is 1.98. The lowest BCUT2D eigenvalue weighted by atomic mass is 10.5. The molecule has 0 saturated carbocycles. The molecule has 0 aliphatic carbocycles. The quantitative estimate of drug-likeness (QED) is 0.724. The van der Waals surface area contributed by atoms with Crippen molar-refractivity contribution in [2.24, 2.45) is 0 Å². The summed E-state index contributed by atoms with van der Waals surface area (Å²) in [5.41, 5.74) is 0. The van der Waals surface area contributed by atoms with E-state index in [0.29, 0.717) is 6.42 Å². The van der Waals surface area contributed by atoms with Crippen LogP contribution < -0.4 is 4.98 Å². The second-order valence-electron chi connectivity index (χ2n) is 2.36. The van der Waals surface area contributed by atoms with Crippen LogP contribution in [-0.4, -0.2) is 18.7 Å². The minimum atomic E-state index is -3.67. The normalized spacial score (nSPS) is 10.0. The number of nitrogens with one attached hydrogen (secondary N) is 1. The van der Waals surface area contributed by atoms with Gasteiger partial charge in [0, 0.05) is 12.1 Å². The van der Waals surface area contributed by atoms with E-state index in [4.69, 9.17) is 4.55 Å². The molecular formula is C8H14NO3S+. The molecule has 0 amide bonds. The average Bonchev–Trinajstić information content (AvgIpc) is 2.06. The van der Waals surface area contributed by atoms with Gasteiger partial charge in [0.2, 0.25) is 0 Å². The standard InChI is InChI=1S/C5H5N.C3H8O3S/c1-2-4-6-5-3-1;1-2-3-7(4,5)6/h1-5H;2-3H2,1H3,(H,4,5,6)/p+1. The van der Waals surface area contributed by atoms with Gasteiger partial charge in [0.05, 0.1) is 5.75 Å². The van der Waals surface area contributed by atoms with Crippen molar-refractivity contribution in [2.45, 2.75) is 13.3 Å². The molecule has 0 radical (unpaired) electrons. The fraction of sp³-hybridized carbons (Fsp3) is 0.375. The maximum absolute atomic E-state index is 9.79. The Morgan fingerprint density at radius 3 is 1.85 bits per heavy atom. The summed E-state index contributed by atoms with van der Waals surface area (Å²) in [6, 6.07) is 5.86. The van der Waals surface area contributed by atoms with E-state index in [1.807, 2.05) is 30.6 Å². The zero-order valence-electron chi connectivity index (χ0n) is 7.47. The van der Waals surface area contributed by atoms with Crippen LogP contribution in [0.25, 0.3) is 0 Å². The molecule has 0 spiro atoms. The molecular weight excluding hydrogens is 190 g/mol. The van der Waals surface area contributed by atoms with Gasteiger partial charge in [0.25, 0.3) is 10.1 Å². The predicted molar refractivity (Wildman–Crippen MR) is 49.7 cm³/mol. The van der Waals surface area contributed by atoms with Gasteiger partial charge in [-0.3, -0.25) is 4.55 Å². The molecule has 74 valence electrons. The van der Waals surface area contributed by atoms with E-state index in [9.17, 15) is 8.42 Å². The molecule has 0 unspecified atom stereocenters. The Labute approximate surface area is 78.4 Å². The van der Waals surface area contributed by atoms with E-state index in [1.165, 1.54) is 0 Å². The van der Waals surface area contributed by atoms with Crippen LogP contribution in [0.3, 0.4) is 0 Å². The molecule has 1 rings (SSSR count). The summed E-state index contributed by atoms with van der Waals surface area (Å²) in [7, 11) is -3.67. The van der Waals surface area contributed by atoms with Gasteiger partial charge in [0.15, 0.2) is 12.4 Å². The van der Waals surface area contributed by atoms with Crippen LogP contribution in [0.4, 0.5) is 0 Å². The first-order valence-corrected chi connectivity index (χ1v) is 5.53. The van der Waals surface area contributed by atoms with E-state index in [-0.39, 0.29) is 5.75 Å². The Balaban J connectivity index is 0.000000223. The topological polar surface area (TPSA) is 68.5 Å². The molecule has 1 heterocycles. The molecule has 0 aliphatic heterocycles. The molecule has 1 aromatic heterocycles. The van der Waals surface area contributed by atoms with E-state index < -0.39 is 10.1 Å². The lowest BCUT2D eigenvalue weighted by molar-refractivity contribution is -0.377. The molecule has 0 aliphatic rings. The third-order valence-electron chi connectivity index (χ3n) is 1.07. The van der Waals surface area contributed by atoms with Crippen molar-refractivity contribution in [3.63, 3.8) is 0 Å². The smallest absolute Gasteiger partial charge is 0.264 e.